The number of halogens is 1. The van der Waals surface area contributed by atoms with Gasteiger partial charge in [0.25, 0.3) is 15.9 Å². The Morgan fingerprint density at radius 3 is 2.63 bits per heavy atom. The zero-order valence-corrected chi connectivity index (χ0v) is 18.8. The second-order valence-corrected chi connectivity index (χ2v) is 9.81. The van der Waals surface area contributed by atoms with Gasteiger partial charge in [0.1, 0.15) is 0 Å². The van der Waals surface area contributed by atoms with Crippen molar-refractivity contribution in [2.45, 2.75) is 44.1 Å². The fraction of sp³-hybridized carbons (Fsp3) is 0.409. The Bertz CT molecular complexity index is 991. The number of fused-ring (bicyclic) bond motifs is 1. The molecule has 0 saturated carbocycles. The average Bonchev–Trinajstić information content (AvgIpc) is 2.72. The van der Waals surface area contributed by atoms with Gasteiger partial charge in [-0.25, -0.2) is 8.42 Å². The van der Waals surface area contributed by atoms with Crippen molar-refractivity contribution in [3.05, 3.63) is 58.6 Å². The molecule has 0 unspecified atom stereocenters. The lowest BCUT2D eigenvalue weighted by molar-refractivity contribution is 0.0757. The zero-order chi connectivity index (χ0) is 21.7. The van der Waals surface area contributed by atoms with Crippen LogP contribution < -0.4 is 9.62 Å². The van der Waals surface area contributed by atoms with E-state index in [-0.39, 0.29) is 16.9 Å². The normalized spacial score (nSPS) is 13.9. The minimum atomic E-state index is -3.69. The lowest BCUT2D eigenvalue weighted by Crippen LogP contribution is -2.35. The van der Waals surface area contributed by atoms with Crippen molar-refractivity contribution in [2.75, 3.05) is 24.0 Å². The third kappa shape index (κ3) is 5.33. The molecule has 162 valence electrons. The van der Waals surface area contributed by atoms with Crippen LogP contribution in [-0.4, -0.2) is 40.1 Å². The van der Waals surface area contributed by atoms with Crippen LogP contribution in [0.15, 0.2) is 47.4 Å². The lowest BCUT2D eigenvalue weighted by atomic mass is 10.0. The highest BCUT2D eigenvalue weighted by molar-refractivity contribution is 7.92. The molecular formula is C22H27ClN2O4S. The van der Waals surface area contributed by atoms with E-state index in [2.05, 4.69) is 5.32 Å². The molecule has 1 aliphatic rings. The van der Waals surface area contributed by atoms with Gasteiger partial charge in [-0.15, -0.1) is 0 Å². The van der Waals surface area contributed by atoms with Gasteiger partial charge in [-0.3, -0.25) is 9.10 Å². The Hall–Kier alpha value is -2.09. The topological polar surface area (TPSA) is 75.7 Å². The van der Waals surface area contributed by atoms with Gasteiger partial charge in [0, 0.05) is 30.3 Å². The smallest absolute Gasteiger partial charge is 0.264 e. The highest BCUT2D eigenvalue weighted by Crippen LogP contribution is 2.33. The largest absolute Gasteiger partial charge is 0.379 e. The second-order valence-electron chi connectivity index (χ2n) is 7.51. The summed E-state index contributed by atoms with van der Waals surface area (Å²) in [6, 6.07) is 11.3. The minimum absolute atomic E-state index is 0.167. The summed E-state index contributed by atoms with van der Waals surface area (Å²) >= 11 is 5.89. The molecule has 0 radical (unpaired) electrons. The quantitative estimate of drug-likeness (QED) is 0.616. The molecule has 6 nitrogen and oxygen atoms in total. The van der Waals surface area contributed by atoms with Crippen molar-refractivity contribution in [3.63, 3.8) is 0 Å². The summed E-state index contributed by atoms with van der Waals surface area (Å²) < 4.78 is 33.1. The number of anilines is 1. The van der Waals surface area contributed by atoms with Gasteiger partial charge in [-0.05, 0) is 81.1 Å². The van der Waals surface area contributed by atoms with Crippen molar-refractivity contribution in [2.24, 2.45) is 0 Å². The third-order valence-corrected chi connectivity index (χ3v) is 6.96. The van der Waals surface area contributed by atoms with E-state index in [0.29, 0.717) is 42.4 Å². The number of carbonyl (C=O) groups excluding carboxylic acids is 1. The maximum atomic E-state index is 13.1. The molecule has 1 amide bonds. The summed E-state index contributed by atoms with van der Waals surface area (Å²) in [5, 5.41) is 3.37. The Morgan fingerprint density at radius 2 is 1.93 bits per heavy atom. The van der Waals surface area contributed by atoms with Crippen LogP contribution in [0.4, 0.5) is 5.69 Å². The average molecular weight is 451 g/mol. The van der Waals surface area contributed by atoms with E-state index in [1.54, 1.807) is 30.3 Å². The number of ether oxygens (including phenoxy) is 1. The Kier molecular flexibility index (Phi) is 7.39. The SMILES string of the molecule is CC(C)OCCCNC(=O)c1ccc2c(c1)CCCN2S(=O)(=O)c1ccc(Cl)cc1. The van der Waals surface area contributed by atoms with Crippen LogP contribution in [0.1, 0.15) is 42.6 Å². The number of sulfonamides is 1. The van der Waals surface area contributed by atoms with Crippen LogP contribution in [0.3, 0.4) is 0 Å². The first-order valence-corrected chi connectivity index (χ1v) is 11.9. The summed E-state index contributed by atoms with van der Waals surface area (Å²) in [6.07, 6.45) is 2.33. The maximum absolute atomic E-state index is 13.1. The van der Waals surface area contributed by atoms with Crippen LogP contribution in [0.5, 0.6) is 0 Å². The zero-order valence-electron chi connectivity index (χ0n) is 17.2. The number of rotatable bonds is 8. The van der Waals surface area contributed by atoms with Crippen LogP contribution in [-0.2, 0) is 21.2 Å². The molecular weight excluding hydrogens is 424 g/mol. The van der Waals surface area contributed by atoms with E-state index in [1.165, 1.54) is 16.4 Å². The van der Waals surface area contributed by atoms with Gasteiger partial charge >= 0.3 is 0 Å². The summed E-state index contributed by atoms with van der Waals surface area (Å²) in [5.41, 5.74) is 2.01. The van der Waals surface area contributed by atoms with Gasteiger partial charge in [0.15, 0.2) is 0 Å². The van der Waals surface area contributed by atoms with Crippen molar-refractivity contribution in [1.82, 2.24) is 5.32 Å². The molecule has 0 spiro atoms. The molecule has 0 fully saturated rings. The summed E-state index contributed by atoms with van der Waals surface area (Å²) in [7, 11) is -3.69. The Balaban J connectivity index is 1.73. The first kappa shape index (κ1) is 22.6. The molecule has 8 heteroatoms. The molecule has 2 aromatic rings. The highest BCUT2D eigenvalue weighted by atomic mass is 35.5. The van der Waals surface area contributed by atoms with Gasteiger partial charge in [-0.1, -0.05) is 11.6 Å². The Morgan fingerprint density at radius 1 is 1.20 bits per heavy atom. The van der Waals surface area contributed by atoms with E-state index in [4.69, 9.17) is 16.3 Å². The second kappa shape index (κ2) is 9.81. The van der Waals surface area contributed by atoms with Gasteiger partial charge < -0.3 is 10.1 Å². The van der Waals surface area contributed by atoms with E-state index >= 15 is 0 Å². The van der Waals surface area contributed by atoms with Gasteiger partial charge in [0.2, 0.25) is 0 Å². The third-order valence-electron chi connectivity index (χ3n) is 4.88. The first-order valence-electron chi connectivity index (χ1n) is 10.1. The van der Waals surface area contributed by atoms with Crippen molar-refractivity contribution in [1.29, 1.82) is 0 Å². The van der Waals surface area contributed by atoms with Crippen LogP contribution in [0, 0.1) is 0 Å². The number of nitrogens with one attached hydrogen (secondary N) is 1. The number of hydrogen-bond donors (Lipinski definition) is 1. The molecule has 1 aliphatic heterocycles. The molecule has 1 heterocycles. The van der Waals surface area contributed by atoms with E-state index in [9.17, 15) is 13.2 Å². The van der Waals surface area contributed by atoms with Gasteiger partial charge in [0.05, 0.1) is 16.7 Å². The molecule has 0 atom stereocenters. The van der Waals surface area contributed by atoms with E-state index in [0.717, 1.165) is 18.4 Å². The molecule has 0 aromatic heterocycles. The standard InChI is InChI=1S/C22H27ClN2O4S/c1-16(2)29-14-4-12-24-22(26)18-6-11-21-17(15-18)5-3-13-25(21)30(27,28)20-9-7-19(23)8-10-20/h6-11,15-16H,3-5,12-14H2,1-2H3,(H,24,26). The minimum Gasteiger partial charge on any atom is -0.379 e. The van der Waals surface area contributed by atoms with E-state index < -0.39 is 10.0 Å². The van der Waals surface area contributed by atoms with Crippen LogP contribution >= 0.6 is 11.6 Å². The first-order chi connectivity index (χ1) is 14.3. The fourth-order valence-corrected chi connectivity index (χ4v) is 5.05. The van der Waals surface area contributed by atoms with Gasteiger partial charge in [-0.2, -0.15) is 0 Å². The van der Waals surface area contributed by atoms with E-state index in [1.807, 2.05) is 13.8 Å². The number of carbonyl (C=O) groups is 1. The summed E-state index contributed by atoms with van der Waals surface area (Å²) in [6.45, 7) is 5.48. The molecule has 30 heavy (non-hydrogen) atoms. The predicted molar refractivity (Wildman–Crippen MR) is 119 cm³/mol. The molecule has 3 rings (SSSR count). The van der Waals surface area contributed by atoms with Crippen molar-refractivity contribution < 1.29 is 17.9 Å². The lowest BCUT2D eigenvalue weighted by Gasteiger charge is -2.30. The summed E-state index contributed by atoms with van der Waals surface area (Å²) in [5.74, 6) is -0.167. The molecule has 1 N–H and O–H groups in total. The monoisotopic (exact) mass is 450 g/mol. The van der Waals surface area contributed by atoms with Crippen LogP contribution in [0.25, 0.3) is 0 Å². The summed E-state index contributed by atoms with van der Waals surface area (Å²) in [4.78, 5) is 12.7. The number of benzene rings is 2. The number of aryl methyl sites for hydroxylation is 1. The molecule has 0 aliphatic carbocycles. The van der Waals surface area contributed by atoms with Crippen molar-refractivity contribution >= 4 is 33.2 Å². The molecule has 0 saturated heterocycles. The molecule has 0 bridgehead atoms. The van der Waals surface area contributed by atoms with Crippen molar-refractivity contribution in [3.8, 4) is 0 Å². The number of hydrogen-bond acceptors (Lipinski definition) is 4. The molecule has 2 aromatic carbocycles. The Labute approximate surface area is 183 Å². The number of amides is 1. The fourth-order valence-electron chi connectivity index (χ4n) is 3.38. The maximum Gasteiger partial charge on any atom is 0.264 e. The highest BCUT2D eigenvalue weighted by Gasteiger charge is 2.29. The van der Waals surface area contributed by atoms with Crippen LogP contribution in [0.2, 0.25) is 5.02 Å². The predicted octanol–water partition coefficient (Wildman–Crippen LogP) is 4.03. The number of nitrogens with zero attached hydrogens (tertiary/aromatic N) is 1.